The summed E-state index contributed by atoms with van der Waals surface area (Å²) in [5, 5.41) is 16.6. The molecule has 3 amide bonds. The van der Waals surface area contributed by atoms with Crippen molar-refractivity contribution in [3.8, 4) is 5.75 Å². The van der Waals surface area contributed by atoms with E-state index in [0.29, 0.717) is 5.56 Å². The zero-order chi connectivity index (χ0) is 29.4. The number of carbonyl (C=O) groups excluding carboxylic acids is 3. The fraction of sp³-hybridized carbons (Fsp3) is 0.516. The van der Waals surface area contributed by atoms with E-state index in [1.807, 2.05) is 65.0 Å². The first-order valence-corrected chi connectivity index (χ1v) is 13.6. The minimum atomic E-state index is -1.14. The van der Waals surface area contributed by atoms with Crippen molar-refractivity contribution >= 4 is 17.9 Å². The van der Waals surface area contributed by atoms with E-state index in [9.17, 15) is 19.5 Å². The summed E-state index contributed by atoms with van der Waals surface area (Å²) in [6.07, 6.45) is 1.10. The van der Waals surface area contributed by atoms with E-state index < -0.39 is 41.1 Å². The second-order valence-electron chi connectivity index (χ2n) is 11.9. The van der Waals surface area contributed by atoms with Gasteiger partial charge in [0.2, 0.25) is 11.8 Å². The number of hydrogen-bond donors (Lipinski definition) is 3. The number of hydrogen-bond acceptors (Lipinski definition) is 5. The Labute approximate surface area is 233 Å². The minimum Gasteiger partial charge on any atom is -0.508 e. The van der Waals surface area contributed by atoms with E-state index in [1.165, 1.54) is 11.0 Å². The van der Waals surface area contributed by atoms with Crippen LogP contribution in [0.5, 0.6) is 5.75 Å². The summed E-state index contributed by atoms with van der Waals surface area (Å²) in [7, 11) is 0. The predicted molar refractivity (Wildman–Crippen MR) is 153 cm³/mol. The quantitative estimate of drug-likeness (QED) is 0.369. The van der Waals surface area contributed by atoms with Crippen LogP contribution in [0.15, 0.2) is 54.6 Å². The lowest BCUT2D eigenvalue weighted by atomic mass is 9.93. The molecule has 0 saturated carbocycles. The van der Waals surface area contributed by atoms with Crippen LogP contribution in [0.1, 0.15) is 85.4 Å². The molecular formula is C31H45N3O5. The van der Waals surface area contributed by atoms with Crippen LogP contribution in [0.4, 0.5) is 4.79 Å². The van der Waals surface area contributed by atoms with Gasteiger partial charge in [-0.25, -0.2) is 4.79 Å². The number of rotatable bonds is 10. The van der Waals surface area contributed by atoms with E-state index in [2.05, 4.69) is 10.6 Å². The second kappa shape index (κ2) is 13.5. The molecule has 0 aromatic heterocycles. The molecule has 2 rings (SSSR count). The number of ether oxygens (including phenoxy) is 1. The first-order chi connectivity index (χ1) is 18.1. The molecule has 214 valence electrons. The molecule has 0 bridgehead atoms. The molecule has 0 aliphatic heterocycles. The number of carbonyl (C=O) groups is 3. The minimum absolute atomic E-state index is 0.0949. The van der Waals surface area contributed by atoms with E-state index >= 15 is 0 Å². The number of phenols is 1. The molecule has 2 aromatic carbocycles. The summed E-state index contributed by atoms with van der Waals surface area (Å²) in [6.45, 7) is 14.7. The van der Waals surface area contributed by atoms with Gasteiger partial charge in [0.05, 0.1) is 0 Å². The van der Waals surface area contributed by atoms with Gasteiger partial charge in [-0.1, -0.05) is 61.9 Å². The number of para-hydroxylation sites is 1. The molecule has 0 spiro atoms. The molecular weight excluding hydrogens is 494 g/mol. The van der Waals surface area contributed by atoms with Crippen LogP contribution in [0, 0.1) is 0 Å². The first-order valence-electron chi connectivity index (χ1n) is 13.6. The van der Waals surface area contributed by atoms with Gasteiger partial charge in [0.1, 0.15) is 23.4 Å². The number of aromatic hydroxyl groups is 1. The van der Waals surface area contributed by atoms with E-state index in [1.54, 1.807) is 39.0 Å². The first kappa shape index (κ1) is 31.7. The SMILES string of the molecule is CCCC(C)NC(=O)C(c1ccccc1O)N(C(=O)C(Cc1ccccc1)NC(=O)OC(C)(C)C)C(C)(C)C. The van der Waals surface area contributed by atoms with Crippen LogP contribution in [0.3, 0.4) is 0 Å². The predicted octanol–water partition coefficient (Wildman–Crippen LogP) is 5.50. The van der Waals surface area contributed by atoms with Crippen molar-refractivity contribution in [2.24, 2.45) is 0 Å². The molecule has 0 saturated heterocycles. The average molecular weight is 540 g/mol. The van der Waals surface area contributed by atoms with Crippen LogP contribution < -0.4 is 10.6 Å². The lowest BCUT2D eigenvalue weighted by Crippen LogP contribution is -2.59. The molecule has 8 nitrogen and oxygen atoms in total. The van der Waals surface area contributed by atoms with E-state index in [0.717, 1.165) is 18.4 Å². The molecule has 0 fully saturated rings. The van der Waals surface area contributed by atoms with Crippen molar-refractivity contribution in [1.29, 1.82) is 0 Å². The Hall–Kier alpha value is -3.55. The van der Waals surface area contributed by atoms with Crippen molar-refractivity contribution < 1.29 is 24.2 Å². The molecule has 3 N–H and O–H groups in total. The van der Waals surface area contributed by atoms with Crippen LogP contribution >= 0.6 is 0 Å². The average Bonchev–Trinajstić information content (AvgIpc) is 2.81. The summed E-state index contributed by atoms with van der Waals surface area (Å²) in [4.78, 5) is 42.6. The van der Waals surface area contributed by atoms with Crippen LogP contribution in [0.2, 0.25) is 0 Å². The van der Waals surface area contributed by atoms with Gasteiger partial charge in [-0.3, -0.25) is 9.59 Å². The maximum Gasteiger partial charge on any atom is 0.408 e. The normalized spacial score (nSPS) is 14.1. The lowest BCUT2D eigenvalue weighted by molar-refractivity contribution is -0.148. The lowest BCUT2D eigenvalue weighted by Gasteiger charge is -2.43. The summed E-state index contributed by atoms with van der Waals surface area (Å²) < 4.78 is 5.47. The highest BCUT2D eigenvalue weighted by molar-refractivity contribution is 5.93. The fourth-order valence-corrected chi connectivity index (χ4v) is 4.46. The van der Waals surface area contributed by atoms with Gasteiger partial charge >= 0.3 is 6.09 Å². The highest BCUT2D eigenvalue weighted by atomic mass is 16.6. The number of alkyl carbamates (subject to hydrolysis) is 1. The zero-order valence-corrected chi connectivity index (χ0v) is 24.6. The van der Waals surface area contributed by atoms with E-state index in [-0.39, 0.29) is 18.2 Å². The molecule has 0 heterocycles. The van der Waals surface area contributed by atoms with Crippen molar-refractivity contribution in [3.05, 3.63) is 65.7 Å². The highest BCUT2D eigenvalue weighted by Gasteiger charge is 2.43. The molecule has 0 aliphatic rings. The third-order valence-electron chi connectivity index (χ3n) is 6.08. The Morgan fingerprint density at radius 1 is 0.923 bits per heavy atom. The summed E-state index contributed by atoms with van der Waals surface area (Å²) in [5.74, 6) is -0.970. The van der Waals surface area contributed by atoms with Crippen molar-refractivity contribution in [2.75, 3.05) is 0 Å². The summed E-state index contributed by atoms with van der Waals surface area (Å²) in [6, 6.07) is 13.6. The number of benzene rings is 2. The van der Waals surface area contributed by atoms with Gasteiger partial charge in [0.15, 0.2) is 0 Å². The number of nitrogens with zero attached hydrogens (tertiary/aromatic N) is 1. The summed E-state index contributed by atoms with van der Waals surface area (Å²) in [5.41, 5.74) is -0.486. The molecule has 2 aromatic rings. The van der Waals surface area contributed by atoms with Crippen LogP contribution in [-0.4, -0.2) is 51.1 Å². The number of amides is 3. The topological polar surface area (TPSA) is 108 Å². The molecule has 8 heteroatoms. The molecule has 39 heavy (non-hydrogen) atoms. The number of nitrogens with one attached hydrogen (secondary N) is 2. The Balaban J connectivity index is 2.61. The van der Waals surface area contributed by atoms with Gasteiger partial charge < -0.3 is 25.4 Å². The van der Waals surface area contributed by atoms with Gasteiger partial charge in [-0.2, -0.15) is 0 Å². The number of phenolic OH excluding ortho intramolecular Hbond substituents is 1. The van der Waals surface area contributed by atoms with E-state index in [4.69, 9.17) is 4.74 Å². The molecule has 0 radical (unpaired) electrons. The third-order valence-corrected chi connectivity index (χ3v) is 6.08. The molecule has 0 aliphatic carbocycles. The monoisotopic (exact) mass is 539 g/mol. The molecule has 3 atom stereocenters. The molecule has 3 unspecified atom stereocenters. The van der Waals surface area contributed by atoms with Crippen molar-refractivity contribution in [2.45, 2.75) is 104 Å². The Kier molecular flexibility index (Phi) is 11.0. The standard InChI is InChI=1S/C31H45N3O5/c1-9-15-21(2)32-27(36)26(23-18-13-14-19-25(23)35)34(30(3,4)5)28(37)24(20-22-16-11-10-12-17-22)33-29(38)39-31(6,7)8/h10-14,16-19,21,24,26,35H,9,15,20H2,1-8H3,(H,32,36)(H,33,38). The highest BCUT2D eigenvalue weighted by Crippen LogP contribution is 2.34. The Morgan fingerprint density at radius 3 is 2.05 bits per heavy atom. The smallest absolute Gasteiger partial charge is 0.408 e. The maximum atomic E-state index is 14.4. The fourth-order valence-electron chi connectivity index (χ4n) is 4.46. The van der Waals surface area contributed by atoms with Crippen LogP contribution in [-0.2, 0) is 20.7 Å². The second-order valence-corrected chi connectivity index (χ2v) is 11.9. The Morgan fingerprint density at radius 2 is 1.51 bits per heavy atom. The maximum absolute atomic E-state index is 14.4. The van der Waals surface area contributed by atoms with Gasteiger partial charge in [0.25, 0.3) is 0 Å². The third kappa shape index (κ3) is 9.61. The largest absolute Gasteiger partial charge is 0.508 e. The van der Waals surface area contributed by atoms with Gasteiger partial charge in [-0.05, 0) is 66.5 Å². The van der Waals surface area contributed by atoms with Crippen molar-refractivity contribution in [3.63, 3.8) is 0 Å². The Bertz CT molecular complexity index is 1110. The van der Waals surface area contributed by atoms with Gasteiger partial charge in [-0.15, -0.1) is 0 Å². The summed E-state index contributed by atoms with van der Waals surface area (Å²) >= 11 is 0. The van der Waals surface area contributed by atoms with Crippen molar-refractivity contribution in [1.82, 2.24) is 15.5 Å². The van der Waals surface area contributed by atoms with Gasteiger partial charge in [0, 0.05) is 23.6 Å². The van der Waals surface area contributed by atoms with Crippen LogP contribution in [0.25, 0.3) is 0 Å². The zero-order valence-electron chi connectivity index (χ0n) is 24.6.